The molecule has 0 aromatic heterocycles. The first kappa shape index (κ1) is 13.0. The Labute approximate surface area is 105 Å². The van der Waals surface area contributed by atoms with Crippen LogP contribution in [-0.2, 0) is 4.74 Å². The van der Waals surface area contributed by atoms with Crippen LogP contribution in [0.5, 0.6) is 0 Å². The molecule has 0 radical (unpaired) electrons. The van der Waals surface area contributed by atoms with Crippen LogP contribution in [0.3, 0.4) is 0 Å². The Kier molecular flexibility index (Phi) is 5.91. The van der Waals surface area contributed by atoms with E-state index in [-0.39, 0.29) is 0 Å². The highest BCUT2D eigenvalue weighted by molar-refractivity contribution is 9.10. The van der Waals surface area contributed by atoms with E-state index >= 15 is 0 Å². The van der Waals surface area contributed by atoms with Crippen molar-refractivity contribution in [3.8, 4) is 6.07 Å². The second-order valence-corrected chi connectivity index (χ2v) is 4.26. The molecule has 4 heteroatoms. The van der Waals surface area contributed by atoms with Gasteiger partial charge in [0.2, 0.25) is 0 Å². The lowest BCUT2D eigenvalue weighted by molar-refractivity contribution is 0.144. The number of hydrogen-bond donors (Lipinski definition) is 1. The first-order valence-electron chi connectivity index (χ1n) is 5.29. The van der Waals surface area contributed by atoms with Gasteiger partial charge in [-0.25, -0.2) is 0 Å². The molecule has 0 unspecified atom stereocenters. The molecule has 0 atom stereocenters. The van der Waals surface area contributed by atoms with Gasteiger partial charge in [0.1, 0.15) is 6.07 Å². The molecule has 1 N–H and O–H groups in total. The maximum atomic E-state index is 8.94. The zero-order valence-electron chi connectivity index (χ0n) is 9.29. The van der Waals surface area contributed by atoms with Crippen molar-refractivity contribution in [2.45, 2.75) is 13.3 Å². The van der Waals surface area contributed by atoms with Gasteiger partial charge < -0.3 is 10.1 Å². The summed E-state index contributed by atoms with van der Waals surface area (Å²) in [4.78, 5) is 0. The smallest absolute Gasteiger partial charge is 0.101 e. The molecule has 16 heavy (non-hydrogen) atoms. The average Bonchev–Trinajstić information content (AvgIpc) is 2.30. The number of halogens is 1. The number of rotatable bonds is 6. The Hall–Kier alpha value is -1.05. The van der Waals surface area contributed by atoms with E-state index in [0.717, 1.165) is 29.7 Å². The number of anilines is 1. The Morgan fingerprint density at radius 1 is 1.44 bits per heavy atom. The van der Waals surface area contributed by atoms with Crippen molar-refractivity contribution in [2.24, 2.45) is 0 Å². The number of nitrogens with zero attached hydrogens (tertiary/aromatic N) is 1. The summed E-state index contributed by atoms with van der Waals surface area (Å²) in [7, 11) is 0. The maximum Gasteiger partial charge on any atom is 0.101 e. The fourth-order valence-electron chi connectivity index (χ4n) is 1.27. The quantitative estimate of drug-likeness (QED) is 0.816. The van der Waals surface area contributed by atoms with Crippen molar-refractivity contribution < 1.29 is 4.74 Å². The summed E-state index contributed by atoms with van der Waals surface area (Å²) >= 11 is 3.34. The Morgan fingerprint density at radius 2 is 2.25 bits per heavy atom. The van der Waals surface area contributed by atoms with Gasteiger partial charge in [0, 0.05) is 17.6 Å². The number of benzene rings is 1. The first-order chi connectivity index (χ1) is 7.77. The van der Waals surface area contributed by atoms with Crippen LogP contribution in [0, 0.1) is 11.3 Å². The third-order valence-electron chi connectivity index (χ3n) is 2.01. The Bertz CT molecular complexity index is 374. The van der Waals surface area contributed by atoms with Gasteiger partial charge in [0.15, 0.2) is 0 Å². The van der Waals surface area contributed by atoms with Gasteiger partial charge in [-0.2, -0.15) is 5.26 Å². The predicted molar refractivity (Wildman–Crippen MR) is 68.5 cm³/mol. The largest absolute Gasteiger partial charge is 0.382 e. The zero-order valence-corrected chi connectivity index (χ0v) is 10.9. The van der Waals surface area contributed by atoms with E-state index in [4.69, 9.17) is 10.00 Å². The Balaban J connectivity index is 2.45. The molecular formula is C12H15BrN2O. The second-order valence-electron chi connectivity index (χ2n) is 3.34. The molecule has 86 valence electrons. The summed E-state index contributed by atoms with van der Waals surface area (Å²) in [6.45, 7) is 4.24. The number of nitriles is 1. The molecule has 0 aliphatic heterocycles. The molecule has 0 spiro atoms. The first-order valence-corrected chi connectivity index (χ1v) is 6.08. The highest BCUT2D eigenvalue weighted by Gasteiger charge is 2.01. The normalized spacial score (nSPS) is 9.81. The van der Waals surface area contributed by atoms with Gasteiger partial charge >= 0.3 is 0 Å². The van der Waals surface area contributed by atoms with Gasteiger partial charge in [-0.05, 0) is 24.6 Å². The van der Waals surface area contributed by atoms with E-state index < -0.39 is 0 Å². The number of ether oxygens (including phenoxy) is 1. The van der Waals surface area contributed by atoms with Crippen molar-refractivity contribution >= 4 is 21.6 Å². The molecule has 1 aromatic rings. The lowest BCUT2D eigenvalue weighted by atomic mass is 10.2. The van der Waals surface area contributed by atoms with Crippen LogP contribution in [0.4, 0.5) is 5.69 Å². The molecular weight excluding hydrogens is 268 g/mol. The van der Waals surface area contributed by atoms with Crippen molar-refractivity contribution in [3.63, 3.8) is 0 Å². The molecule has 0 aliphatic carbocycles. The maximum absolute atomic E-state index is 8.94. The fraction of sp³-hybridized carbons (Fsp3) is 0.417. The van der Waals surface area contributed by atoms with Crippen LogP contribution < -0.4 is 5.32 Å². The SMILES string of the molecule is CCCOCCNc1ccc(Br)cc1C#N. The van der Waals surface area contributed by atoms with Gasteiger partial charge in [0.25, 0.3) is 0 Å². The van der Waals surface area contributed by atoms with Crippen LogP contribution in [-0.4, -0.2) is 19.8 Å². The molecule has 0 bridgehead atoms. The molecule has 0 saturated heterocycles. The number of hydrogen-bond acceptors (Lipinski definition) is 3. The summed E-state index contributed by atoms with van der Waals surface area (Å²) in [5, 5.41) is 12.1. The van der Waals surface area contributed by atoms with Crippen molar-refractivity contribution in [3.05, 3.63) is 28.2 Å². The van der Waals surface area contributed by atoms with Gasteiger partial charge in [-0.1, -0.05) is 22.9 Å². The van der Waals surface area contributed by atoms with Crippen LogP contribution >= 0.6 is 15.9 Å². The Morgan fingerprint density at radius 3 is 2.94 bits per heavy atom. The summed E-state index contributed by atoms with van der Waals surface area (Å²) in [6, 6.07) is 7.76. The summed E-state index contributed by atoms with van der Waals surface area (Å²) in [5.41, 5.74) is 1.50. The van der Waals surface area contributed by atoms with E-state index in [9.17, 15) is 0 Å². The van der Waals surface area contributed by atoms with Gasteiger partial charge in [-0.3, -0.25) is 0 Å². The monoisotopic (exact) mass is 282 g/mol. The lowest BCUT2D eigenvalue weighted by Gasteiger charge is -2.08. The fourth-order valence-corrected chi connectivity index (χ4v) is 1.63. The van der Waals surface area contributed by atoms with Gasteiger partial charge in [0.05, 0.1) is 17.9 Å². The molecule has 3 nitrogen and oxygen atoms in total. The van der Waals surface area contributed by atoms with Crippen LogP contribution in [0.15, 0.2) is 22.7 Å². The van der Waals surface area contributed by atoms with E-state index in [1.807, 2.05) is 12.1 Å². The van der Waals surface area contributed by atoms with Crippen molar-refractivity contribution in [1.82, 2.24) is 0 Å². The van der Waals surface area contributed by atoms with Gasteiger partial charge in [-0.15, -0.1) is 0 Å². The molecule has 1 aromatic carbocycles. The molecule has 1 rings (SSSR count). The molecule has 0 amide bonds. The van der Waals surface area contributed by atoms with E-state index in [0.29, 0.717) is 12.2 Å². The predicted octanol–water partition coefficient (Wildman–Crippen LogP) is 3.16. The molecule has 0 aliphatic rings. The summed E-state index contributed by atoms with van der Waals surface area (Å²) in [5.74, 6) is 0. The van der Waals surface area contributed by atoms with Crippen LogP contribution in [0.1, 0.15) is 18.9 Å². The third kappa shape index (κ3) is 4.21. The highest BCUT2D eigenvalue weighted by atomic mass is 79.9. The molecule has 0 heterocycles. The van der Waals surface area contributed by atoms with Crippen molar-refractivity contribution in [1.29, 1.82) is 5.26 Å². The zero-order chi connectivity index (χ0) is 11.8. The van der Waals surface area contributed by atoms with Crippen molar-refractivity contribution in [2.75, 3.05) is 25.1 Å². The van der Waals surface area contributed by atoms with Crippen LogP contribution in [0.25, 0.3) is 0 Å². The van der Waals surface area contributed by atoms with E-state index in [1.165, 1.54) is 0 Å². The number of nitrogens with one attached hydrogen (secondary N) is 1. The highest BCUT2D eigenvalue weighted by Crippen LogP contribution is 2.19. The van der Waals surface area contributed by atoms with Crippen LogP contribution in [0.2, 0.25) is 0 Å². The second kappa shape index (κ2) is 7.26. The molecule has 0 saturated carbocycles. The summed E-state index contributed by atoms with van der Waals surface area (Å²) < 4.78 is 6.26. The average molecular weight is 283 g/mol. The van der Waals surface area contributed by atoms with E-state index in [2.05, 4.69) is 34.2 Å². The lowest BCUT2D eigenvalue weighted by Crippen LogP contribution is -2.10. The minimum atomic E-state index is 0.643. The standard InChI is InChI=1S/C12H15BrN2O/c1-2-6-16-7-5-15-12-4-3-11(13)8-10(12)9-14/h3-4,8,15H,2,5-7H2,1H3. The minimum absolute atomic E-state index is 0.643. The summed E-state index contributed by atoms with van der Waals surface area (Å²) in [6.07, 6.45) is 1.03. The minimum Gasteiger partial charge on any atom is -0.382 e. The topological polar surface area (TPSA) is 45.0 Å². The van der Waals surface area contributed by atoms with E-state index in [1.54, 1.807) is 6.07 Å². The molecule has 0 fully saturated rings. The third-order valence-corrected chi connectivity index (χ3v) is 2.51.